The van der Waals surface area contributed by atoms with Crippen molar-refractivity contribution < 1.29 is 23.8 Å². The van der Waals surface area contributed by atoms with Crippen molar-refractivity contribution in [3.63, 3.8) is 0 Å². The third kappa shape index (κ3) is 5.96. The van der Waals surface area contributed by atoms with Crippen molar-refractivity contribution in [3.8, 4) is 0 Å². The summed E-state index contributed by atoms with van der Waals surface area (Å²) >= 11 is 12.8. The third-order valence-electron chi connectivity index (χ3n) is 5.37. The fourth-order valence-electron chi connectivity index (χ4n) is 3.89. The van der Waals surface area contributed by atoms with Crippen LogP contribution in [0.5, 0.6) is 0 Å². The highest BCUT2D eigenvalue weighted by Crippen LogP contribution is 2.43. The summed E-state index contributed by atoms with van der Waals surface area (Å²) in [6.07, 6.45) is 0. The third-order valence-corrected chi connectivity index (χ3v) is 6.20. The number of allylic oxidation sites excluding steroid dienone is 1. The van der Waals surface area contributed by atoms with Gasteiger partial charge in [-0.05, 0) is 25.5 Å². The zero-order chi connectivity index (χ0) is 26.4. The molecule has 4 N–H and O–H groups in total. The number of ether oxygens (including phenoxy) is 3. The normalized spacial score (nSPS) is 15.6. The van der Waals surface area contributed by atoms with E-state index in [-0.39, 0.29) is 53.1 Å². The summed E-state index contributed by atoms with van der Waals surface area (Å²) in [5.74, 6) is -1.94. The van der Waals surface area contributed by atoms with Crippen molar-refractivity contribution in [2.24, 2.45) is 5.73 Å². The van der Waals surface area contributed by atoms with Gasteiger partial charge in [-0.3, -0.25) is 4.79 Å². The molecule has 0 fully saturated rings. The fraction of sp³-hybridized carbons (Fsp3) is 0.333. The molecule has 1 aromatic carbocycles. The molecule has 12 heteroatoms. The van der Waals surface area contributed by atoms with E-state index < -0.39 is 17.9 Å². The van der Waals surface area contributed by atoms with Crippen LogP contribution in [-0.2, 0) is 37.0 Å². The van der Waals surface area contributed by atoms with Crippen LogP contribution in [0, 0.1) is 0 Å². The summed E-state index contributed by atoms with van der Waals surface area (Å²) in [7, 11) is 1.25. The predicted molar refractivity (Wildman–Crippen MR) is 133 cm³/mol. The predicted octanol–water partition coefficient (Wildman–Crippen LogP) is 2.70. The van der Waals surface area contributed by atoms with E-state index in [0.29, 0.717) is 28.5 Å². The number of dihydropyridines is 1. The van der Waals surface area contributed by atoms with E-state index in [1.807, 2.05) is 0 Å². The van der Waals surface area contributed by atoms with Crippen LogP contribution in [-0.4, -0.2) is 42.2 Å². The van der Waals surface area contributed by atoms with E-state index in [9.17, 15) is 14.4 Å². The molecule has 0 saturated heterocycles. The molecule has 10 nitrogen and oxygen atoms in total. The Morgan fingerprint density at radius 3 is 2.58 bits per heavy atom. The van der Waals surface area contributed by atoms with E-state index in [1.54, 1.807) is 32.0 Å². The number of carbonyl (C=O) groups excluding carboxylic acids is 2. The first-order chi connectivity index (χ1) is 17.2. The number of nitrogens with two attached hydrogens (primary N) is 1. The maximum absolute atomic E-state index is 13.2. The molecule has 3 rings (SSSR count). The Balaban J connectivity index is 2.07. The fourth-order valence-corrected chi connectivity index (χ4v) is 4.30. The number of halogens is 2. The van der Waals surface area contributed by atoms with Crippen LogP contribution in [0.2, 0.25) is 10.0 Å². The molecule has 2 aromatic rings. The van der Waals surface area contributed by atoms with E-state index in [1.165, 1.54) is 13.2 Å². The molecule has 0 bridgehead atoms. The monoisotopic (exact) mass is 536 g/mol. The van der Waals surface area contributed by atoms with Gasteiger partial charge >= 0.3 is 11.9 Å². The zero-order valence-corrected chi connectivity index (χ0v) is 21.5. The van der Waals surface area contributed by atoms with Crippen molar-refractivity contribution in [1.29, 1.82) is 0 Å². The van der Waals surface area contributed by atoms with Gasteiger partial charge in [0.05, 0.1) is 72.0 Å². The number of nitrogens with zero attached hydrogens (tertiary/aromatic N) is 1. The highest BCUT2D eigenvalue weighted by Gasteiger charge is 2.40. The Morgan fingerprint density at radius 2 is 1.92 bits per heavy atom. The van der Waals surface area contributed by atoms with Gasteiger partial charge in [0.2, 0.25) is 0 Å². The van der Waals surface area contributed by atoms with Crippen LogP contribution >= 0.6 is 23.2 Å². The number of carbonyl (C=O) groups is 2. The Bertz CT molecular complexity index is 1290. The minimum atomic E-state index is -0.941. The maximum atomic E-state index is 13.2. The van der Waals surface area contributed by atoms with Gasteiger partial charge in [0.15, 0.2) is 0 Å². The highest BCUT2D eigenvalue weighted by molar-refractivity contribution is 6.42. The largest absolute Gasteiger partial charge is 0.466 e. The SMILES string of the molecule is CCOC(=O)C1=C(COCc2cc(=O)[nH]c(CN)n2)NC(C)=C(C(=O)OC)C1c1cccc(Cl)c1Cl. The van der Waals surface area contributed by atoms with Crippen molar-refractivity contribution in [1.82, 2.24) is 15.3 Å². The minimum Gasteiger partial charge on any atom is -0.466 e. The maximum Gasteiger partial charge on any atom is 0.336 e. The van der Waals surface area contributed by atoms with Gasteiger partial charge in [-0.15, -0.1) is 0 Å². The smallest absolute Gasteiger partial charge is 0.336 e. The number of nitrogens with one attached hydrogen (secondary N) is 2. The summed E-state index contributed by atoms with van der Waals surface area (Å²) in [6, 6.07) is 6.24. The number of methoxy groups -OCH3 is 1. The summed E-state index contributed by atoms with van der Waals surface area (Å²) in [6.45, 7) is 3.37. The van der Waals surface area contributed by atoms with Crippen molar-refractivity contribution >= 4 is 35.1 Å². The van der Waals surface area contributed by atoms with Gasteiger partial charge in [0.1, 0.15) is 5.82 Å². The zero-order valence-electron chi connectivity index (χ0n) is 19.9. The molecule has 0 spiro atoms. The van der Waals surface area contributed by atoms with E-state index in [2.05, 4.69) is 15.3 Å². The lowest BCUT2D eigenvalue weighted by molar-refractivity contribution is -0.139. The molecule has 36 heavy (non-hydrogen) atoms. The Kier molecular flexibility index (Phi) is 9.27. The van der Waals surface area contributed by atoms with Gasteiger partial charge in [-0.1, -0.05) is 35.3 Å². The van der Waals surface area contributed by atoms with Crippen molar-refractivity contribution in [2.45, 2.75) is 32.9 Å². The van der Waals surface area contributed by atoms with Crippen LogP contribution in [0.4, 0.5) is 0 Å². The van der Waals surface area contributed by atoms with Crippen LogP contribution < -0.4 is 16.6 Å². The van der Waals surface area contributed by atoms with Crippen LogP contribution in [0.15, 0.2) is 51.6 Å². The molecule has 0 radical (unpaired) electrons. The summed E-state index contributed by atoms with van der Waals surface area (Å²) in [5, 5.41) is 3.51. The second-order valence-electron chi connectivity index (χ2n) is 7.72. The Morgan fingerprint density at radius 1 is 1.17 bits per heavy atom. The minimum absolute atomic E-state index is 0.0343. The molecule has 1 aliphatic rings. The number of rotatable bonds is 9. The summed E-state index contributed by atoms with van der Waals surface area (Å²) < 4.78 is 16.1. The number of aromatic amines is 1. The summed E-state index contributed by atoms with van der Waals surface area (Å²) in [5.41, 5.74) is 7.09. The number of aromatic nitrogens is 2. The number of benzene rings is 1. The standard InChI is InChI=1S/C24H26Cl2N4O6/c1-4-36-24(33)21-16(11-35-10-13-8-18(31)30-17(9-27)29-13)28-12(2)19(23(32)34-3)20(21)14-6-5-7-15(25)22(14)26/h5-8,20,28H,4,9-11,27H2,1-3H3,(H,29,30,31). The molecule has 1 unspecified atom stereocenters. The quantitative estimate of drug-likeness (QED) is 0.411. The lowest BCUT2D eigenvalue weighted by Crippen LogP contribution is -2.34. The van der Waals surface area contributed by atoms with Gasteiger partial charge in [0.25, 0.3) is 5.56 Å². The van der Waals surface area contributed by atoms with E-state index in [0.717, 1.165) is 0 Å². The molecule has 2 heterocycles. The lowest BCUT2D eigenvalue weighted by atomic mass is 9.80. The second-order valence-corrected chi connectivity index (χ2v) is 8.51. The van der Waals surface area contributed by atoms with Crippen molar-refractivity contribution in [2.75, 3.05) is 20.3 Å². The number of hydrogen-bond acceptors (Lipinski definition) is 9. The highest BCUT2D eigenvalue weighted by atomic mass is 35.5. The number of H-pyrrole nitrogens is 1. The van der Waals surface area contributed by atoms with Gasteiger partial charge in [-0.25, -0.2) is 14.6 Å². The van der Waals surface area contributed by atoms with Crippen LogP contribution in [0.25, 0.3) is 0 Å². The van der Waals surface area contributed by atoms with E-state index >= 15 is 0 Å². The van der Waals surface area contributed by atoms with Gasteiger partial charge in [-0.2, -0.15) is 0 Å². The van der Waals surface area contributed by atoms with Gasteiger partial charge < -0.3 is 30.2 Å². The van der Waals surface area contributed by atoms with Crippen LogP contribution in [0.1, 0.15) is 36.8 Å². The second kappa shape index (κ2) is 12.2. The first-order valence-corrected chi connectivity index (χ1v) is 11.7. The average Bonchev–Trinajstić information content (AvgIpc) is 2.84. The van der Waals surface area contributed by atoms with E-state index in [4.69, 9.17) is 43.1 Å². The van der Waals surface area contributed by atoms with Crippen LogP contribution in [0.3, 0.4) is 0 Å². The molecule has 192 valence electrons. The topological polar surface area (TPSA) is 146 Å². The molecule has 1 aliphatic heterocycles. The molecular formula is C24H26Cl2N4O6. The van der Waals surface area contributed by atoms with Crippen molar-refractivity contribution in [3.05, 3.63) is 84.3 Å². The molecule has 0 saturated carbocycles. The molecule has 1 atom stereocenters. The first kappa shape index (κ1) is 27.4. The number of esters is 2. The average molecular weight is 537 g/mol. The Labute approximate surface area is 217 Å². The lowest BCUT2D eigenvalue weighted by Gasteiger charge is -2.31. The molecular weight excluding hydrogens is 511 g/mol. The Hall–Kier alpha value is -3.18. The first-order valence-electron chi connectivity index (χ1n) is 11.0. The molecule has 0 amide bonds. The van der Waals surface area contributed by atoms with Gasteiger partial charge in [0, 0.05) is 11.8 Å². The summed E-state index contributed by atoms with van der Waals surface area (Å²) in [4.78, 5) is 44.6. The molecule has 1 aromatic heterocycles. The number of hydrogen-bond donors (Lipinski definition) is 3. The molecule has 0 aliphatic carbocycles.